The summed E-state index contributed by atoms with van der Waals surface area (Å²) in [5.74, 6) is 6.59. The summed E-state index contributed by atoms with van der Waals surface area (Å²) in [4.78, 5) is 19.9. The van der Waals surface area contributed by atoms with Crippen molar-refractivity contribution in [2.45, 2.75) is 57.9 Å². The van der Waals surface area contributed by atoms with Crippen LogP contribution in [0.3, 0.4) is 0 Å². The van der Waals surface area contributed by atoms with Crippen molar-refractivity contribution in [1.82, 2.24) is 14.8 Å². The Morgan fingerprint density at radius 3 is 2.76 bits per heavy atom. The number of anilines is 2. The molecule has 2 fully saturated rings. The normalized spacial score (nSPS) is 16.5. The first-order chi connectivity index (χ1) is 16.1. The number of ether oxygens (including phenoxy) is 1. The summed E-state index contributed by atoms with van der Waals surface area (Å²) in [7, 11) is 0. The molecule has 6 nitrogen and oxygen atoms in total. The van der Waals surface area contributed by atoms with Crippen molar-refractivity contribution in [2.24, 2.45) is 0 Å². The molecule has 1 aliphatic carbocycles. The van der Waals surface area contributed by atoms with Gasteiger partial charge in [-0.1, -0.05) is 12.8 Å². The number of hydrogen-bond donors (Lipinski definition) is 0. The molecule has 1 saturated carbocycles. The number of hydrogen-bond acceptors (Lipinski definition) is 4. The van der Waals surface area contributed by atoms with Crippen LogP contribution in [0.5, 0.6) is 0 Å². The first-order valence-corrected chi connectivity index (χ1v) is 12.7. The molecule has 3 aromatic rings. The number of pyridine rings is 1. The lowest BCUT2D eigenvalue weighted by Crippen LogP contribution is -2.26. The lowest BCUT2D eigenvalue weighted by atomic mass is 10.0. The number of halogens is 1. The standard InChI is InChI=1S/C26H27IN4O2/c1-3-4-5-26(32)30(24-14-17(2)21(27)15-20(24)18-6-7-18)25-9-8-23-22(29-25)16-28-31(23)19-10-12-33-13-11-19/h8-9,14-16,18-19H,3,6-7,10-13H2,1-2H3. The average Bonchev–Trinajstić information content (AvgIpc) is 3.59. The van der Waals surface area contributed by atoms with Gasteiger partial charge in [-0.2, -0.15) is 5.10 Å². The Morgan fingerprint density at radius 1 is 1.24 bits per heavy atom. The van der Waals surface area contributed by atoms with E-state index in [0.717, 1.165) is 61.2 Å². The average molecular weight is 554 g/mol. The van der Waals surface area contributed by atoms with Crippen LogP contribution >= 0.6 is 22.6 Å². The molecule has 0 unspecified atom stereocenters. The highest BCUT2D eigenvalue weighted by Crippen LogP contribution is 2.46. The van der Waals surface area contributed by atoms with E-state index in [0.29, 0.717) is 24.2 Å². The van der Waals surface area contributed by atoms with Crippen molar-refractivity contribution in [1.29, 1.82) is 0 Å². The van der Waals surface area contributed by atoms with Crippen LogP contribution in [0, 0.1) is 22.3 Å². The lowest BCUT2D eigenvalue weighted by Gasteiger charge is -2.24. The first kappa shape index (κ1) is 22.4. The third-order valence-corrected chi connectivity index (χ3v) is 7.51. The van der Waals surface area contributed by atoms with Gasteiger partial charge in [0.25, 0.3) is 0 Å². The number of aromatic nitrogens is 3. The zero-order valence-corrected chi connectivity index (χ0v) is 21.1. The molecule has 7 heteroatoms. The summed E-state index contributed by atoms with van der Waals surface area (Å²) in [5.41, 5.74) is 5.02. The van der Waals surface area contributed by atoms with Gasteiger partial charge in [0.2, 0.25) is 0 Å². The monoisotopic (exact) mass is 554 g/mol. The van der Waals surface area contributed by atoms with E-state index in [1.54, 1.807) is 11.1 Å². The molecule has 5 rings (SSSR count). The van der Waals surface area contributed by atoms with Crippen molar-refractivity contribution >= 4 is 51.0 Å². The van der Waals surface area contributed by atoms with Crippen LogP contribution in [-0.2, 0) is 9.53 Å². The smallest absolute Gasteiger partial charge is 0.308 e. The molecular weight excluding hydrogens is 527 g/mol. The molecule has 0 atom stereocenters. The van der Waals surface area contributed by atoms with Crippen LogP contribution in [0.1, 0.15) is 62.1 Å². The fourth-order valence-corrected chi connectivity index (χ4v) is 4.91. The van der Waals surface area contributed by atoms with E-state index in [1.165, 1.54) is 9.13 Å². The highest BCUT2D eigenvalue weighted by molar-refractivity contribution is 14.1. The van der Waals surface area contributed by atoms with Crippen LogP contribution in [0.25, 0.3) is 11.0 Å². The summed E-state index contributed by atoms with van der Waals surface area (Å²) < 4.78 is 8.78. The first-order valence-electron chi connectivity index (χ1n) is 11.6. The Kier molecular flexibility index (Phi) is 6.39. The van der Waals surface area contributed by atoms with Gasteiger partial charge in [0.15, 0.2) is 0 Å². The Morgan fingerprint density at radius 2 is 2.03 bits per heavy atom. The fourth-order valence-electron chi connectivity index (χ4n) is 4.42. The molecular formula is C26H27IN4O2. The van der Waals surface area contributed by atoms with Gasteiger partial charge in [-0.3, -0.25) is 14.4 Å². The van der Waals surface area contributed by atoms with Gasteiger partial charge in [0.05, 0.1) is 23.4 Å². The number of benzene rings is 1. The van der Waals surface area contributed by atoms with Crippen molar-refractivity contribution < 1.29 is 9.53 Å². The minimum atomic E-state index is -0.247. The Bertz CT molecular complexity index is 1260. The van der Waals surface area contributed by atoms with E-state index in [9.17, 15) is 4.79 Å². The van der Waals surface area contributed by atoms with E-state index in [1.807, 2.05) is 19.1 Å². The highest BCUT2D eigenvalue weighted by atomic mass is 127. The van der Waals surface area contributed by atoms with E-state index >= 15 is 0 Å². The summed E-state index contributed by atoms with van der Waals surface area (Å²) in [6.07, 6.45) is 6.63. The van der Waals surface area contributed by atoms with Crippen LogP contribution in [-0.4, -0.2) is 33.9 Å². The maximum Gasteiger partial charge on any atom is 0.308 e. The molecule has 0 radical (unpaired) electrons. The zero-order valence-electron chi connectivity index (χ0n) is 19.0. The highest BCUT2D eigenvalue weighted by Gasteiger charge is 2.31. The second-order valence-electron chi connectivity index (χ2n) is 8.74. The minimum absolute atomic E-state index is 0.247. The molecule has 1 aliphatic heterocycles. The molecule has 1 amide bonds. The second-order valence-corrected chi connectivity index (χ2v) is 9.90. The number of rotatable bonds is 4. The molecule has 33 heavy (non-hydrogen) atoms. The molecule has 3 heterocycles. The maximum atomic E-state index is 13.4. The van der Waals surface area contributed by atoms with Crippen molar-refractivity contribution in [2.75, 3.05) is 18.1 Å². The van der Waals surface area contributed by atoms with Gasteiger partial charge in [0, 0.05) is 23.2 Å². The minimum Gasteiger partial charge on any atom is -0.381 e. The quantitative estimate of drug-likeness (QED) is 0.309. The molecule has 170 valence electrons. The maximum absolute atomic E-state index is 13.4. The predicted octanol–water partition coefficient (Wildman–Crippen LogP) is 5.65. The Hall–Kier alpha value is -2.44. The number of amides is 1. The molecule has 1 saturated heterocycles. The van der Waals surface area contributed by atoms with Crippen molar-refractivity contribution in [3.8, 4) is 11.8 Å². The van der Waals surface area contributed by atoms with Crippen LogP contribution in [0.2, 0.25) is 0 Å². The van der Waals surface area contributed by atoms with Gasteiger partial charge in [0.1, 0.15) is 11.3 Å². The second kappa shape index (κ2) is 9.43. The predicted molar refractivity (Wildman–Crippen MR) is 138 cm³/mol. The van der Waals surface area contributed by atoms with Crippen LogP contribution < -0.4 is 4.90 Å². The molecule has 0 N–H and O–H groups in total. The van der Waals surface area contributed by atoms with Gasteiger partial charge in [-0.05, 0) is 102 Å². The topological polar surface area (TPSA) is 60.2 Å². The molecule has 0 spiro atoms. The van der Waals surface area contributed by atoms with Crippen molar-refractivity contribution in [3.63, 3.8) is 0 Å². The lowest BCUT2D eigenvalue weighted by molar-refractivity contribution is -0.112. The largest absolute Gasteiger partial charge is 0.381 e. The molecule has 1 aromatic carbocycles. The fraction of sp³-hybridized carbons (Fsp3) is 0.423. The van der Waals surface area contributed by atoms with Crippen molar-refractivity contribution in [3.05, 3.63) is 45.2 Å². The van der Waals surface area contributed by atoms with Gasteiger partial charge in [-0.15, -0.1) is 0 Å². The van der Waals surface area contributed by atoms with Crippen LogP contribution in [0.15, 0.2) is 30.5 Å². The summed E-state index contributed by atoms with van der Waals surface area (Å²) >= 11 is 2.37. The number of carbonyl (C=O) groups excluding carboxylic acids is 1. The number of aryl methyl sites for hydroxylation is 1. The number of carbonyl (C=O) groups is 1. The van der Waals surface area contributed by atoms with E-state index in [4.69, 9.17) is 9.72 Å². The van der Waals surface area contributed by atoms with Gasteiger partial charge >= 0.3 is 5.91 Å². The Balaban J connectivity index is 1.61. The van der Waals surface area contributed by atoms with E-state index in [-0.39, 0.29) is 5.91 Å². The zero-order chi connectivity index (χ0) is 22.9. The molecule has 0 bridgehead atoms. The van der Waals surface area contributed by atoms with Gasteiger partial charge < -0.3 is 4.74 Å². The molecule has 2 aliphatic rings. The van der Waals surface area contributed by atoms with Gasteiger partial charge in [-0.25, -0.2) is 4.98 Å². The molecule has 2 aromatic heterocycles. The van der Waals surface area contributed by atoms with E-state index in [2.05, 4.69) is 63.3 Å². The Labute approximate surface area is 207 Å². The third kappa shape index (κ3) is 4.51. The number of nitrogens with zero attached hydrogens (tertiary/aromatic N) is 4. The summed E-state index contributed by atoms with van der Waals surface area (Å²) in [6, 6.07) is 8.60. The summed E-state index contributed by atoms with van der Waals surface area (Å²) in [5, 5.41) is 4.63. The van der Waals surface area contributed by atoms with E-state index < -0.39 is 0 Å². The summed E-state index contributed by atoms with van der Waals surface area (Å²) in [6.45, 7) is 5.54. The SMILES string of the molecule is CCC#CC(=O)N(c1ccc2c(cnn2C2CCOCC2)n1)c1cc(C)c(I)cc1C1CC1. The number of fused-ring (bicyclic) bond motifs is 1. The van der Waals surface area contributed by atoms with Crippen LogP contribution in [0.4, 0.5) is 11.5 Å². The third-order valence-electron chi connectivity index (χ3n) is 6.35.